The average molecular weight is 389 g/mol. The molecule has 0 aromatic rings. The Morgan fingerprint density at radius 2 is 1.82 bits per heavy atom. The lowest BCUT2D eigenvalue weighted by molar-refractivity contribution is -0.128. The fourth-order valence-corrected chi connectivity index (χ4v) is 4.48. The summed E-state index contributed by atoms with van der Waals surface area (Å²) in [5.74, 6) is 0.132. The number of carbonyl (C=O) groups excluding carboxylic acids is 2. The van der Waals surface area contributed by atoms with Gasteiger partial charge in [0.05, 0.1) is 0 Å². The summed E-state index contributed by atoms with van der Waals surface area (Å²) in [4.78, 5) is 24.7. The molecule has 3 unspecified atom stereocenters. The van der Waals surface area contributed by atoms with Crippen LogP contribution in [-0.4, -0.2) is 12.1 Å². The van der Waals surface area contributed by atoms with Crippen molar-refractivity contribution in [3.8, 4) is 0 Å². The maximum Gasteiger partial charge on any atom is 0.159 e. The summed E-state index contributed by atoms with van der Waals surface area (Å²) >= 11 is 0. The lowest BCUT2D eigenvalue weighted by Gasteiger charge is -2.36. The molecule has 0 fully saturated rings. The molecule has 0 aromatic heterocycles. The van der Waals surface area contributed by atoms with Gasteiger partial charge in [-0.15, -0.1) is 0 Å². The van der Waals surface area contributed by atoms with Gasteiger partial charge in [-0.1, -0.05) is 97.3 Å². The molecule has 0 saturated carbocycles. The highest BCUT2D eigenvalue weighted by atomic mass is 16.1. The maximum absolute atomic E-state index is 12.9. The summed E-state index contributed by atoms with van der Waals surface area (Å²) in [5.41, 5.74) is 0.983. The van der Waals surface area contributed by atoms with E-state index < -0.39 is 5.41 Å². The first-order valence-electron chi connectivity index (χ1n) is 11.5. The zero-order valence-corrected chi connectivity index (χ0v) is 19.4. The molecule has 2 nitrogen and oxygen atoms in total. The molecular formula is C26H44O2. The first-order chi connectivity index (χ1) is 13.2. The molecule has 1 aliphatic carbocycles. The van der Waals surface area contributed by atoms with Gasteiger partial charge in [0, 0.05) is 17.3 Å². The maximum atomic E-state index is 12.9. The van der Waals surface area contributed by atoms with Gasteiger partial charge in [-0.25, -0.2) is 0 Å². The van der Waals surface area contributed by atoms with Crippen LogP contribution in [-0.2, 0) is 9.59 Å². The SMILES string of the molecule is CCCCCCCCCC(C)(C=O)C(C)C(=O)/C=C/C1C(C)=CCCC1(C)C. The van der Waals surface area contributed by atoms with Gasteiger partial charge in [0.25, 0.3) is 0 Å². The number of rotatable bonds is 13. The summed E-state index contributed by atoms with van der Waals surface area (Å²) in [6.45, 7) is 12.8. The van der Waals surface area contributed by atoms with Gasteiger partial charge in [-0.2, -0.15) is 0 Å². The van der Waals surface area contributed by atoms with Gasteiger partial charge >= 0.3 is 0 Å². The molecular weight excluding hydrogens is 344 g/mol. The second-order valence-corrected chi connectivity index (χ2v) is 9.93. The number of unbranched alkanes of at least 4 members (excludes halogenated alkanes) is 6. The van der Waals surface area contributed by atoms with Crippen LogP contribution >= 0.6 is 0 Å². The lowest BCUT2D eigenvalue weighted by atomic mass is 9.68. The molecule has 160 valence electrons. The van der Waals surface area contributed by atoms with Crippen LogP contribution < -0.4 is 0 Å². The van der Waals surface area contributed by atoms with Gasteiger partial charge in [0.2, 0.25) is 0 Å². The van der Waals surface area contributed by atoms with Crippen LogP contribution in [0.1, 0.15) is 106 Å². The second kappa shape index (κ2) is 11.7. The first kappa shape index (κ1) is 24.9. The normalized spacial score (nSPS) is 22.5. The highest BCUT2D eigenvalue weighted by Crippen LogP contribution is 2.42. The Balaban J connectivity index is 2.61. The Kier molecular flexibility index (Phi) is 10.4. The molecule has 0 N–H and O–H groups in total. The zero-order chi connectivity index (χ0) is 21.2. The third-order valence-corrected chi connectivity index (χ3v) is 7.04. The van der Waals surface area contributed by atoms with Crippen LogP contribution in [0.2, 0.25) is 0 Å². The highest BCUT2D eigenvalue weighted by molar-refractivity contribution is 5.94. The highest BCUT2D eigenvalue weighted by Gasteiger charge is 2.35. The number of allylic oxidation sites excluding steroid dienone is 4. The molecule has 0 bridgehead atoms. The fourth-order valence-electron chi connectivity index (χ4n) is 4.48. The third-order valence-electron chi connectivity index (χ3n) is 7.04. The summed E-state index contributed by atoms with van der Waals surface area (Å²) in [6, 6.07) is 0. The zero-order valence-electron chi connectivity index (χ0n) is 19.4. The number of hydrogen-bond acceptors (Lipinski definition) is 2. The number of carbonyl (C=O) groups is 2. The standard InChI is InChI=1S/C26H44O2/c1-7-8-9-10-11-12-13-19-26(6,20-27)22(3)24(28)17-16-23-21(2)15-14-18-25(23,4)5/h15-17,20,22-23H,7-14,18-19H2,1-6H3/b17-16+. The second-order valence-electron chi connectivity index (χ2n) is 9.93. The monoisotopic (exact) mass is 388 g/mol. The number of aldehydes is 1. The van der Waals surface area contributed by atoms with Crippen molar-refractivity contribution in [3.63, 3.8) is 0 Å². The predicted octanol–water partition coefficient (Wildman–Crippen LogP) is 7.48. The largest absolute Gasteiger partial charge is 0.303 e. The van der Waals surface area contributed by atoms with Gasteiger partial charge in [0.1, 0.15) is 6.29 Å². The van der Waals surface area contributed by atoms with Crippen LogP contribution in [0.15, 0.2) is 23.8 Å². The summed E-state index contributed by atoms with van der Waals surface area (Å²) in [6.07, 6.45) is 18.8. The van der Waals surface area contributed by atoms with Crippen LogP contribution in [0.5, 0.6) is 0 Å². The molecule has 0 spiro atoms. The van der Waals surface area contributed by atoms with E-state index in [9.17, 15) is 9.59 Å². The van der Waals surface area contributed by atoms with Crippen molar-refractivity contribution in [2.24, 2.45) is 22.7 Å². The lowest BCUT2D eigenvalue weighted by Crippen LogP contribution is -2.32. The summed E-state index contributed by atoms with van der Waals surface area (Å²) < 4.78 is 0. The van der Waals surface area contributed by atoms with E-state index in [1.54, 1.807) is 6.08 Å². The van der Waals surface area contributed by atoms with Crippen LogP contribution in [0.3, 0.4) is 0 Å². The molecule has 0 radical (unpaired) electrons. The smallest absolute Gasteiger partial charge is 0.159 e. The Bertz CT molecular complexity index is 555. The quantitative estimate of drug-likeness (QED) is 0.142. The van der Waals surface area contributed by atoms with Crippen molar-refractivity contribution in [2.45, 2.75) is 106 Å². The van der Waals surface area contributed by atoms with Crippen molar-refractivity contribution in [2.75, 3.05) is 0 Å². The van der Waals surface area contributed by atoms with Crippen molar-refractivity contribution >= 4 is 12.1 Å². The minimum Gasteiger partial charge on any atom is -0.303 e. The van der Waals surface area contributed by atoms with Gasteiger partial charge in [-0.3, -0.25) is 4.79 Å². The Morgan fingerprint density at radius 3 is 2.39 bits per heavy atom. The van der Waals surface area contributed by atoms with E-state index in [2.05, 4.69) is 39.8 Å². The Hall–Kier alpha value is -1.18. The van der Waals surface area contributed by atoms with E-state index in [0.717, 1.165) is 38.4 Å². The molecule has 3 atom stereocenters. The number of hydrogen-bond donors (Lipinski definition) is 0. The number of ketones is 1. The molecule has 0 aromatic carbocycles. The Labute approximate surface area is 174 Å². The molecule has 0 saturated heterocycles. The van der Waals surface area contributed by atoms with Crippen LogP contribution in [0.25, 0.3) is 0 Å². The molecule has 0 amide bonds. The van der Waals surface area contributed by atoms with E-state index in [0.29, 0.717) is 5.92 Å². The molecule has 28 heavy (non-hydrogen) atoms. The predicted molar refractivity (Wildman–Crippen MR) is 120 cm³/mol. The molecule has 2 heteroatoms. The molecule has 1 aliphatic rings. The molecule has 1 rings (SSSR count). The van der Waals surface area contributed by atoms with E-state index in [1.807, 2.05) is 13.8 Å². The van der Waals surface area contributed by atoms with E-state index >= 15 is 0 Å². The minimum absolute atomic E-state index is 0.0896. The summed E-state index contributed by atoms with van der Waals surface area (Å²) in [7, 11) is 0. The van der Waals surface area contributed by atoms with Gasteiger partial charge in [0.15, 0.2) is 5.78 Å². The van der Waals surface area contributed by atoms with Crippen molar-refractivity contribution in [3.05, 3.63) is 23.8 Å². The van der Waals surface area contributed by atoms with E-state index in [1.165, 1.54) is 37.7 Å². The molecule has 0 aliphatic heterocycles. The van der Waals surface area contributed by atoms with Crippen molar-refractivity contribution < 1.29 is 9.59 Å². The van der Waals surface area contributed by atoms with E-state index in [4.69, 9.17) is 0 Å². The average Bonchev–Trinajstić information content (AvgIpc) is 2.65. The fraction of sp³-hybridized carbons (Fsp3) is 0.769. The van der Waals surface area contributed by atoms with Crippen molar-refractivity contribution in [1.29, 1.82) is 0 Å². The first-order valence-corrected chi connectivity index (χ1v) is 11.5. The minimum atomic E-state index is -0.558. The third kappa shape index (κ3) is 7.33. The van der Waals surface area contributed by atoms with Crippen LogP contribution in [0, 0.1) is 22.7 Å². The van der Waals surface area contributed by atoms with Gasteiger partial charge in [-0.05, 0) is 37.7 Å². The van der Waals surface area contributed by atoms with E-state index in [-0.39, 0.29) is 17.1 Å². The summed E-state index contributed by atoms with van der Waals surface area (Å²) in [5, 5.41) is 0. The van der Waals surface area contributed by atoms with Crippen LogP contribution in [0.4, 0.5) is 0 Å². The Morgan fingerprint density at radius 1 is 1.21 bits per heavy atom. The van der Waals surface area contributed by atoms with Gasteiger partial charge < -0.3 is 4.79 Å². The molecule has 0 heterocycles. The van der Waals surface area contributed by atoms with Crippen molar-refractivity contribution in [1.82, 2.24) is 0 Å². The topological polar surface area (TPSA) is 34.1 Å².